The van der Waals surface area contributed by atoms with Crippen LogP contribution in [0.5, 0.6) is 0 Å². The van der Waals surface area contributed by atoms with Crippen molar-refractivity contribution in [3.8, 4) is 0 Å². The molecule has 0 spiro atoms. The van der Waals surface area contributed by atoms with Crippen molar-refractivity contribution in [3.63, 3.8) is 0 Å². The summed E-state index contributed by atoms with van der Waals surface area (Å²) in [6, 6.07) is 8.00. The van der Waals surface area contributed by atoms with Crippen LogP contribution in [0.1, 0.15) is 38.1 Å². The zero-order chi connectivity index (χ0) is 14.7. The van der Waals surface area contributed by atoms with E-state index < -0.39 is 0 Å². The van der Waals surface area contributed by atoms with Crippen LogP contribution in [0.4, 0.5) is 5.69 Å². The molecule has 1 heterocycles. The van der Waals surface area contributed by atoms with Crippen LogP contribution in [0, 0.1) is 0 Å². The topological polar surface area (TPSA) is 41.6 Å². The summed E-state index contributed by atoms with van der Waals surface area (Å²) in [6.07, 6.45) is 0.181. The highest BCUT2D eigenvalue weighted by Gasteiger charge is 2.27. The van der Waals surface area contributed by atoms with E-state index in [0.29, 0.717) is 19.1 Å². The highest BCUT2D eigenvalue weighted by molar-refractivity contribution is 5.99. The normalized spacial score (nSPS) is 22.9. The molecule has 1 amide bonds. The number of amides is 1. The summed E-state index contributed by atoms with van der Waals surface area (Å²) in [7, 11) is 0. The highest BCUT2D eigenvalue weighted by Crippen LogP contribution is 2.20. The van der Waals surface area contributed by atoms with E-state index >= 15 is 0 Å². The van der Waals surface area contributed by atoms with E-state index in [1.807, 2.05) is 43.0 Å². The monoisotopic (exact) mass is 276 g/mol. The standard InChI is InChI=1S/C16H24N2O2/c1-11(2)17-15-8-6-5-7-14(15)16(19)18-9-12(3)20-13(4)10-18/h5-8,11-13,17H,9-10H2,1-4H3/t12-,13+. The van der Waals surface area contributed by atoms with Gasteiger partial charge in [-0.25, -0.2) is 0 Å². The van der Waals surface area contributed by atoms with E-state index in [1.165, 1.54) is 0 Å². The Hall–Kier alpha value is -1.55. The van der Waals surface area contributed by atoms with E-state index in [2.05, 4.69) is 19.2 Å². The Morgan fingerprint density at radius 2 is 1.85 bits per heavy atom. The Balaban J connectivity index is 2.20. The molecule has 0 unspecified atom stereocenters. The largest absolute Gasteiger partial charge is 0.382 e. The summed E-state index contributed by atoms with van der Waals surface area (Å²) in [5.41, 5.74) is 1.64. The number of carbonyl (C=O) groups is 1. The minimum atomic E-state index is 0.0794. The first kappa shape index (κ1) is 14.9. The lowest BCUT2D eigenvalue weighted by atomic mass is 10.1. The molecule has 1 aliphatic heterocycles. The van der Waals surface area contributed by atoms with Crippen LogP contribution in [0.25, 0.3) is 0 Å². The van der Waals surface area contributed by atoms with E-state index in [1.54, 1.807) is 0 Å². The van der Waals surface area contributed by atoms with Crippen LogP contribution in [-0.2, 0) is 4.74 Å². The molecule has 4 nitrogen and oxygen atoms in total. The lowest BCUT2D eigenvalue weighted by molar-refractivity contribution is -0.0585. The van der Waals surface area contributed by atoms with Crippen LogP contribution in [-0.4, -0.2) is 42.1 Å². The highest BCUT2D eigenvalue weighted by atomic mass is 16.5. The fourth-order valence-electron chi connectivity index (χ4n) is 2.62. The number of hydrogen-bond donors (Lipinski definition) is 1. The molecule has 0 radical (unpaired) electrons. The number of carbonyl (C=O) groups excluding carboxylic acids is 1. The minimum absolute atomic E-state index is 0.0794. The molecule has 0 bridgehead atoms. The number of para-hydroxylation sites is 1. The van der Waals surface area contributed by atoms with E-state index in [0.717, 1.165) is 11.3 Å². The molecular formula is C16H24N2O2. The average molecular weight is 276 g/mol. The van der Waals surface area contributed by atoms with Gasteiger partial charge < -0.3 is 15.0 Å². The number of nitrogens with one attached hydrogen (secondary N) is 1. The van der Waals surface area contributed by atoms with Gasteiger partial charge in [-0.1, -0.05) is 12.1 Å². The maximum Gasteiger partial charge on any atom is 0.256 e. The molecule has 1 aromatic carbocycles. The maximum atomic E-state index is 12.7. The number of nitrogens with zero attached hydrogens (tertiary/aromatic N) is 1. The molecule has 1 saturated heterocycles. The first-order valence-corrected chi connectivity index (χ1v) is 7.27. The molecule has 0 saturated carbocycles. The molecule has 110 valence electrons. The smallest absolute Gasteiger partial charge is 0.256 e. The van der Waals surface area contributed by atoms with Crippen molar-refractivity contribution in [1.29, 1.82) is 0 Å². The molecule has 1 aromatic rings. The number of rotatable bonds is 3. The number of hydrogen-bond acceptors (Lipinski definition) is 3. The van der Waals surface area contributed by atoms with Crippen LogP contribution < -0.4 is 5.32 Å². The van der Waals surface area contributed by atoms with Gasteiger partial charge in [0.15, 0.2) is 0 Å². The molecule has 0 aliphatic carbocycles. The fourth-order valence-corrected chi connectivity index (χ4v) is 2.62. The molecule has 20 heavy (non-hydrogen) atoms. The Morgan fingerprint density at radius 1 is 1.25 bits per heavy atom. The second-order valence-electron chi connectivity index (χ2n) is 5.81. The second-order valence-corrected chi connectivity index (χ2v) is 5.81. The summed E-state index contributed by atoms with van der Waals surface area (Å²) >= 11 is 0. The Labute approximate surface area is 121 Å². The third-order valence-electron chi connectivity index (χ3n) is 3.31. The van der Waals surface area contributed by atoms with Crippen LogP contribution >= 0.6 is 0 Å². The van der Waals surface area contributed by atoms with Gasteiger partial charge in [-0.3, -0.25) is 4.79 Å². The molecule has 4 heteroatoms. The summed E-state index contributed by atoms with van der Waals surface area (Å²) in [5, 5.41) is 3.34. The van der Waals surface area contributed by atoms with Crippen molar-refractivity contribution in [1.82, 2.24) is 4.90 Å². The average Bonchev–Trinajstić information content (AvgIpc) is 2.36. The van der Waals surface area contributed by atoms with E-state index in [4.69, 9.17) is 4.74 Å². The van der Waals surface area contributed by atoms with Crippen LogP contribution in [0.3, 0.4) is 0 Å². The van der Waals surface area contributed by atoms with Gasteiger partial charge in [-0.2, -0.15) is 0 Å². The SMILES string of the molecule is CC(C)Nc1ccccc1C(=O)N1C[C@@H](C)O[C@@H](C)C1. The van der Waals surface area contributed by atoms with Gasteiger partial charge in [-0.05, 0) is 39.8 Å². The molecule has 1 aliphatic rings. The van der Waals surface area contributed by atoms with Crippen molar-refractivity contribution in [2.24, 2.45) is 0 Å². The molecule has 2 rings (SSSR count). The van der Waals surface area contributed by atoms with Gasteiger partial charge >= 0.3 is 0 Å². The zero-order valence-corrected chi connectivity index (χ0v) is 12.7. The third-order valence-corrected chi connectivity index (χ3v) is 3.31. The quantitative estimate of drug-likeness (QED) is 0.923. The van der Waals surface area contributed by atoms with Crippen molar-refractivity contribution in [2.75, 3.05) is 18.4 Å². The number of ether oxygens (including phenoxy) is 1. The lowest BCUT2D eigenvalue weighted by Crippen LogP contribution is -2.48. The Bertz CT molecular complexity index is 463. The Kier molecular flexibility index (Phi) is 4.65. The minimum Gasteiger partial charge on any atom is -0.382 e. The predicted molar refractivity (Wildman–Crippen MR) is 81.1 cm³/mol. The summed E-state index contributed by atoms with van der Waals surface area (Å²) in [6.45, 7) is 9.46. The summed E-state index contributed by atoms with van der Waals surface area (Å²) in [4.78, 5) is 14.6. The third kappa shape index (κ3) is 3.51. The van der Waals surface area contributed by atoms with Crippen molar-refractivity contribution in [3.05, 3.63) is 29.8 Å². The van der Waals surface area contributed by atoms with Gasteiger partial charge in [0.1, 0.15) is 0 Å². The fraction of sp³-hybridized carbons (Fsp3) is 0.562. The number of morpholine rings is 1. The van der Waals surface area contributed by atoms with Gasteiger partial charge in [-0.15, -0.1) is 0 Å². The van der Waals surface area contributed by atoms with Gasteiger partial charge in [0.2, 0.25) is 0 Å². The molecule has 1 fully saturated rings. The predicted octanol–water partition coefficient (Wildman–Crippen LogP) is 2.76. The van der Waals surface area contributed by atoms with Crippen LogP contribution in [0.15, 0.2) is 24.3 Å². The van der Waals surface area contributed by atoms with Crippen LogP contribution in [0.2, 0.25) is 0 Å². The molecular weight excluding hydrogens is 252 g/mol. The van der Waals surface area contributed by atoms with Crippen molar-refractivity contribution < 1.29 is 9.53 Å². The van der Waals surface area contributed by atoms with E-state index in [-0.39, 0.29) is 18.1 Å². The lowest BCUT2D eigenvalue weighted by Gasteiger charge is -2.35. The summed E-state index contributed by atoms with van der Waals surface area (Å²) in [5.74, 6) is 0.0794. The number of benzene rings is 1. The second kappa shape index (κ2) is 6.27. The van der Waals surface area contributed by atoms with Gasteiger partial charge in [0.05, 0.1) is 17.8 Å². The van der Waals surface area contributed by atoms with Crippen molar-refractivity contribution >= 4 is 11.6 Å². The van der Waals surface area contributed by atoms with E-state index in [9.17, 15) is 4.79 Å². The Morgan fingerprint density at radius 3 is 2.45 bits per heavy atom. The van der Waals surface area contributed by atoms with Crippen molar-refractivity contribution in [2.45, 2.75) is 45.9 Å². The molecule has 0 aromatic heterocycles. The molecule has 2 atom stereocenters. The molecule has 1 N–H and O–H groups in total. The summed E-state index contributed by atoms with van der Waals surface area (Å²) < 4.78 is 5.69. The first-order chi connectivity index (χ1) is 9.47. The first-order valence-electron chi connectivity index (χ1n) is 7.27. The maximum absolute atomic E-state index is 12.7. The number of anilines is 1. The zero-order valence-electron chi connectivity index (χ0n) is 12.7. The van der Waals surface area contributed by atoms with Gasteiger partial charge in [0.25, 0.3) is 5.91 Å². The van der Waals surface area contributed by atoms with Gasteiger partial charge in [0, 0.05) is 24.8 Å².